The van der Waals surface area contributed by atoms with Crippen LogP contribution in [0.3, 0.4) is 0 Å². The summed E-state index contributed by atoms with van der Waals surface area (Å²) in [7, 11) is 0. The molecule has 0 spiro atoms. The highest BCUT2D eigenvalue weighted by Crippen LogP contribution is 2.28. The van der Waals surface area contributed by atoms with E-state index in [1.165, 1.54) is 0 Å². The molecule has 6 heteroatoms. The number of nitrogens with one attached hydrogen (secondary N) is 1. The molecule has 2 rings (SSSR count). The van der Waals surface area contributed by atoms with Crippen LogP contribution >= 0.6 is 23.2 Å². The van der Waals surface area contributed by atoms with Crippen LogP contribution in [-0.4, -0.2) is 18.2 Å². The molecule has 0 aliphatic heterocycles. The monoisotopic (exact) mass is 364 g/mol. The molecule has 24 heavy (non-hydrogen) atoms. The molecule has 1 amide bonds. The molecule has 0 aliphatic rings. The van der Waals surface area contributed by atoms with E-state index in [4.69, 9.17) is 27.9 Å². The average Bonchev–Trinajstić information content (AvgIpc) is 2.57. The first-order chi connectivity index (χ1) is 11.5. The minimum Gasteiger partial charge on any atom is -0.479 e. The summed E-state index contributed by atoms with van der Waals surface area (Å²) in [5, 5.41) is 4.84. The Morgan fingerprint density at radius 2 is 1.88 bits per heavy atom. The normalized spacial score (nSPS) is 13.5. The number of rotatable bonds is 6. The van der Waals surface area contributed by atoms with Gasteiger partial charge in [0.1, 0.15) is 5.75 Å². The van der Waals surface area contributed by atoms with Gasteiger partial charge in [0.25, 0.3) is 5.91 Å². The molecule has 0 bridgehead atoms. The van der Waals surface area contributed by atoms with Crippen LogP contribution in [-0.2, 0) is 4.79 Å². The highest BCUT2D eigenvalue weighted by molar-refractivity contribution is 6.35. The topological polar surface area (TPSA) is 50.7 Å². The van der Waals surface area contributed by atoms with Gasteiger partial charge in [-0.1, -0.05) is 60.5 Å². The van der Waals surface area contributed by atoms with Gasteiger partial charge < -0.3 is 4.74 Å². The van der Waals surface area contributed by atoms with E-state index >= 15 is 0 Å². The number of carbonyl (C=O) groups is 1. The second-order valence-electron chi connectivity index (χ2n) is 5.29. The molecule has 1 N–H and O–H groups in total. The number of amides is 1. The fourth-order valence-electron chi connectivity index (χ4n) is 1.96. The molecule has 0 radical (unpaired) electrons. The molecule has 0 aromatic heterocycles. The summed E-state index contributed by atoms with van der Waals surface area (Å²) >= 11 is 11.8. The van der Waals surface area contributed by atoms with E-state index < -0.39 is 6.10 Å². The van der Waals surface area contributed by atoms with Gasteiger partial charge in [0.2, 0.25) is 0 Å². The van der Waals surface area contributed by atoms with Gasteiger partial charge in [0, 0.05) is 17.2 Å². The minimum absolute atomic E-state index is 0.0911. The fourth-order valence-corrected chi connectivity index (χ4v) is 2.41. The van der Waals surface area contributed by atoms with Crippen molar-refractivity contribution < 1.29 is 9.53 Å². The van der Waals surface area contributed by atoms with E-state index in [2.05, 4.69) is 10.5 Å². The maximum absolute atomic E-state index is 12.0. The summed E-state index contributed by atoms with van der Waals surface area (Å²) < 4.78 is 5.53. The van der Waals surface area contributed by atoms with Crippen molar-refractivity contribution in [3.8, 4) is 5.75 Å². The molecular weight excluding hydrogens is 347 g/mol. The number of benzene rings is 2. The van der Waals surface area contributed by atoms with Gasteiger partial charge in [-0.2, -0.15) is 5.10 Å². The third-order valence-corrected chi connectivity index (χ3v) is 3.90. The summed E-state index contributed by atoms with van der Waals surface area (Å²) in [4.78, 5) is 12.0. The largest absolute Gasteiger partial charge is 0.479 e. The second kappa shape index (κ2) is 8.71. The summed E-state index contributed by atoms with van der Waals surface area (Å²) in [5.74, 6) is 0.122. The van der Waals surface area contributed by atoms with E-state index in [1.54, 1.807) is 31.3 Å². The van der Waals surface area contributed by atoms with Crippen molar-refractivity contribution >= 4 is 35.3 Å². The lowest BCUT2D eigenvalue weighted by Crippen LogP contribution is -2.33. The predicted octanol–water partition coefficient (Wildman–Crippen LogP) is 4.67. The van der Waals surface area contributed by atoms with E-state index in [0.29, 0.717) is 15.8 Å². The molecule has 2 unspecified atom stereocenters. The Hall–Kier alpha value is -2.04. The Kier molecular flexibility index (Phi) is 6.64. The molecule has 4 nitrogen and oxygen atoms in total. The number of hydrazone groups is 1. The lowest BCUT2D eigenvalue weighted by Gasteiger charge is -2.14. The molecule has 0 aliphatic carbocycles. The third-order valence-electron chi connectivity index (χ3n) is 3.37. The van der Waals surface area contributed by atoms with E-state index in [-0.39, 0.29) is 11.8 Å². The molecule has 0 heterocycles. The molecule has 2 aromatic carbocycles. The first kappa shape index (κ1) is 18.3. The van der Waals surface area contributed by atoms with Crippen molar-refractivity contribution in [2.45, 2.75) is 25.9 Å². The smallest absolute Gasteiger partial charge is 0.280 e. The number of ether oxygens (including phenoxy) is 1. The van der Waals surface area contributed by atoms with Crippen molar-refractivity contribution in [1.29, 1.82) is 0 Å². The van der Waals surface area contributed by atoms with Crippen molar-refractivity contribution in [1.82, 2.24) is 5.43 Å². The molecule has 2 aromatic rings. The average molecular weight is 365 g/mol. The highest BCUT2D eigenvalue weighted by Gasteiger charge is 2.15. The van der Waals surface area contributed by atoms with Crippen LogP contribution in [0.15, 0.2) is 53.6 Å². The number of hydrogen-bond donors (Lipinski definition) is 1. The van der Waals surface area contributed by atoms with E-state index in [0.717, 1.165) is 5.56 Å². The van der Waals surface area contributed by atoms with Gasteiger partial charge in [0.05, 0.1) is 5.02 Å². The fraction of sp³-hybridized carbons (Fsp3) is 0.222. The standard InChI is InChI=1S/C18H18Cl2N2O2/c1-12(14-6-4-3-5-7-14)11-21-22-18(23)13(2)24-17-9-8-15(19)10-16(17)20/h3-13H,1-2H3,(H,22,23)/b21-11+. The Bertz CT molecular complexity index is 720. The van der Waals surface area contributed by atoms with Crippen LogP contribution in [0.4, 0.5) is 0 Å². The van der Waals surface area contributed by atoms with Gasteiger partial charge in [-0.25, -0.2) is 5.43 Å². The molecule has 126 valence electrons. The van der Waals surface area contributed by atoms with Crippen LogP contribution in [0.1, 0.15) is 25.3 Å². The van der Waals surface area contributed by atoms with Gasteiger partial charge in [0.15, 0.2) is 6.10 Å². The van der Waals surface area contributed by atoms with Crippen LogP contribution in [0, 0.1) is 0 Å². The molecule has 0 fully saturated rings. The quantitative estimate of drug-likeness (QED) is 0.598. The van der Waals surface area contributed by atoms with Gasteiger partial charge in [-0.3, -0.25) is 4.79 Å². The second-order valence-corrected chi connectivity index (χ2v) is 6.13. The molecular formula is C18H18Cl2N2O2. The van der Waals surface area contributed by atoms with Crippen molar-refractivity contribution in [3.05, 3.63) is 64.1 Å². The van der Waals surface area contributed by atoms with Gasteiger partial charge in [-0.05, 0) is 30.7 Å². The van der Waals surface area contributed by atoms with Crippen LogP contribution in [0.25, 0.3) is 0 Å². The Morgan fingerprint density at radius 1 is 1.17 bits per heavy atom. The maximum atomic E-state index is 12.0. The highest BCUT2D eigenvalue weighted by atomic mass is 35.5. The Balaban J connectivity index is 1.88. The third kappa shape index (κ3) is 5.25. The number of nitrogens with zero attached hydrogens (tertiary/aromatic N) is 1. The van der Waals surface area contributed by atoms with Gasteiger partial charge >= 0.3 is 0 Å². The van der Waals surface area contributed by atoms with Crippen molar-refractivity contribution in [2.24, 2.45) is 5.10 Å². The number of halogens is 2. The molecule has 0 saturated heterocycles. The first-order valence-corrected chi connectivity index (χ1v) is 8.22. The number of hydrogen-bond acceptors (Lipinski definition) is 3. The summed E-state index contributed by atoms with van der Waals surface area (Å²) in [6.45, 7) is 3.62. The van der Waals surface area contributed by atoms with Crippen molar-refractivity contribution in [3.63, 3.8) is 0 Å². The maximum Gasteiger partial charge on any atom is 0.280 e. The predicted molar refractivity (Wildman–Crippen MR) is 98.0 cm³/mol. The summed E-state index contributed by atoms with van der Waals surface area (Å²) in [5.41, 5.74) is 3.59. The minimum atomic E-state index is -0.743. The van der Waals surface area contributed by atoms with Crippen LogP contribution < -0.4 is 10.2 Å². The zero-order valence-corrected chi connectivity index (χ0v) is 14.9. The summed E-state index contributed by atoms with van der Waals surface area (Å²) in [6.07, 6.45) is 0.933. The van der Waals surface area contributed by atoms with E-state index in [1.807, 2.05) is 37.3 Å². The zero-order valence-electron chi connectivity index (χ0n) is 13.4. The van der Waals surface area contributed by atoms with Crippen molar-refractivity contribution in [2.75, 3.05) is 0 Å². The molecule has 2 atom stereocenters. The van der Waals surface area contributed by atoms with Crippen LogP contribution in [0.2, 0.25) is 10.0 Å². The molecule has 0 saturated carbocycles. The summed E-state index contributed by atoms with van der Waals surface area (Å²) in [6, 6.07) is 14.7. The Morgan fingerprint density at radius 3 is 2.54 bits per heavy atom. The lowest BCUT2D eigenvalue weighted by molar-refractivity contribution is -0.127. The SMILES string of the molecule is CC(Oc1ccc(Cl)cc1Cl)C(=O)N/N=C/C(C)c1ccccc1. The van der Waals surface area contributed by atoms with E-state index in [9.17, 15) is 4.79 Å². The van der Waals surface area contributed by atoms with Gasteiger partial charge in [-0.15, -0.1) is 0 Å². The zero-order chi connectivity index (χ0) is 17.5. The van der Waals surface area contributed by atoms with Crippen LogP contribution in [0.5, 0.6) is 5.75 Å². The lowest BCUT2D eigenvalue weighted by atomic mass is 10.0. The first-order valence-electron chi connectivity index (χ1n) is 7.47. The number of carbonyl (C=O) groups excluding carboxylic acids is 1. The Labute approximate surface area is 151 Å².